The summed E-state index contributed by atoms with van der Waals surface area (Å²) in [4.78, 5) is 28.3. The van der Waals surface area contributed by atoms with Crippen LogP contribution in [0.15, 0.2) is 0 Å². The number of carbonyl (C=O) groups excluding carboxylic acids is 2. The molecule has 0 aromatic heterocycles. The SMILES string of the molecule is CC(=O)N(C1CCC1)[C@H]1CCCN(C(=O)NCC2CC2)CC1. The van der Waals surface area contributed by atoms with Crippen LogP contribution in [-0.4, -0.2) is 53.5 Å². The smallest absolute Gasteiger partial charge is 0.317 e. The Balaban J connectivity index is 1.51. The minimum absolute atomic E-state index is 0.0885. The first-order valence-electron chi connectivity index (χ1n) is 8.97. The summed E-state index contributed by atoms with van der Waals surface area (Å²) in [6, 6.07) is 0.868. The summed E-state index contributed by atoms with van der Waals surface area (Å²) >= 11 is 0. The highest BCUT2D eigenvalue weighted by molar-refractivity contribution is 5.75. The summed E-state index contributed by atoms with van der Waals surface area (Å²) in [7, 11) is 0. The number of carbonyl (C=O) groups is 2. The lowest BCUT2D eigenvalue weighted by Gasteiger charge is -2.42. The fourth-order valence-electron chi connectivity index (χ4n) is 3.70. The fraction of sp³-hybridized carbons (Fsp3) is 0.882. The molecule has 3 fully saturated rings. The third-order valence-corrected chi connectivity index (χ3v) is 5.45. The van der Waals surface area contributed by atoms with Gasteiger partial charge in [0.15, 0.2) is 0 Å². The predicted molar refractivity (Wildman–Crippen MR) is 85.5 cm³/mol. The van der Waals surface area contributed by atoms with E-state index in [0.717, 1.165) is 57.7 Å². The molecule has 1 aliphatic heterocycles. The fourth-order valence-corrected chi connectivity index (χ4v) is 3.70. The molecule has 0 aromatic carbocycles. The van der Waals surface area contributed by atoms with Gasteiger partial charge in [-0.2, -0.15) is 0 Å². The summed E-state index contributed by atoms with van der Waals surface area (Å²) in [5.74, 6) is 0.928. The number of amides is 3. The molecule has 0 bridgehead atoms. The van der Waals surface area contributed by atoms with Crippen molar-refractivity contribution in [2.24, 2.45) is 5.92 Å². The third kappa shape index (κ3) is 3.73. The molecule has 2 saturated carbocycles. The lowest BCUT2D eigenvalue weighted by atomic mass is 9.89. The Kier molecular flexibility index (Phi) is 4.89. The minimum atomic E-state index is 0.0885. The van der Waals surface area contributed by atoms with E-state index in [0.29, 0.717) is 12.1 Å². The van der Waals surface area contributed by atoms with Crippen molar-refractivity contribution >= 4 is 11.9 Å². The molecule has 0 aromatic rings. The zero-order valence-electron chi connectivity index (χ0n) is 13.7. The number of rotatable bonds is 4. The van der Waals surface area contributed by atoms with Crippen LogP contribution < -0.4 is 5.32 Å². The van der Waals surface area contributed by atoms with Crippen molar-refractivity contribution < 1.29 is 9.59 Å². The lowest BCUT2D eigenvalue weighted by Crippen LogP contribution is -2.49. The molecular formula is C17H29N3O2. The Morgan fingerprint density at radius 1 is 1.00 bits per heavy atom. The van der Waals surface area contributed by atoms with Gasteiger partial charge in [0.1, 0.15) is 0 Å². The van der Waals surface area contributed by atoms with Crippen LogP contribution in [0.3, 0.4) is 0 Å². The van der Waals surface area contributed by atoms with E-state index in [1.165, 1.54) is 19.3 Å². The van der Waals surface area contributed by atoms with E-state index in [-0.39, 0.29) is 11.9 Å². The van der Waals surface area contributed by atoms with E-state index in [2.05, 4.69) is 10.2 Å². The quantitative estimate of drug-likeness (QED) is 0.867. The molecule has 1 N–H and O–H groups in total. The van der Waals surface area contributed by atoms with Gasteiger partial charge in [-0.1, -0.05) is 0 Å². The van der Waals surface area contributed by atoms with Gasteiger partial charge in [-0.3, -0.25) is 4.79 Å². The second kappa shape index (κ2) is 6.88. The van der Waals surface area contributed by atoms with E-state index >= 15 is 0 Å². The normalized spacial score (nSPS) is 26.0. The molecule has 0 radical (unpaired) electrons. The number of nitrogens with one attached hydrogen (secondary N) is 1. The van der Waals surface area contributed by atoms with E-state index in [1.807, 2.05) is 4.90 Å². The molecule has 0 unspecified atom stereocenters. The number of hydrogen-bond acceptors (Lipinski definition) is 2. The van der Waals surface area contributed by atoms with Gasteiger partial charge in [-0.15, -0.1) is 0 Å². The monoisotopic (exact) mass is 307 g/mol. The highest BCUT2D eigenvalue weighted by atomic mass is 16.2. The average molecular weight is 307 g/mol. The van der Waals surface area contributed by atoms with Crippen LogP contribution in [0, 0.1) is 5.92 Å². The lowest BCUT2D eigenvalue weighted by molar-refractivity contribution is -0.136. The molecule has 1 atom stereocenters. The van der Waals surface area contributed by atoms with Gasteiger partial charge in [0.05, 0.1) is 0 Å². The van der Waals surface area contributed by atoms with Crippen LogP contribution >= 0.6 is 0 Å². The molecule has 2 aliphatic carbocycles. The van der Waals surface area contributed by atoms with Crippen LogP contribution in [-0.2, 0) is 4.79 Å². The third-order valence-electron chi connectivity index (χ3n) is 5.45. The average Bonchev–Trinajstić information content (AvgIpc) is 3.26. The summed E-state index contributed by atoms with van der Waals surface area (Å²) in [6.45, 7) is 4.13. The molecular weight excluding hydrogens is 278 g/mol. The summed E-state index contributed by atoms with van der Waals surface area (Å²) in [6.07, 6.45) is 9.03. The highest BCUT2D eigenvalue weighted by Crippen LogP contribution is 2.30. The number of nitrogens with zero attached hydrogens (tertiary/aromatic N) is 2. The zero-order valence-corrected chi connectivity index (χ0v) is 13.7. The van der Waals surface area contributed by atoms with Gasteiger partial charge in [-0.25, -0.2) is 4.79 Å². The van der Waals surface area contributed by atoms with Gasteiger partial charge in [0.2, 0.25) is 5.91 Å². The first-order chi connectivity index (χ1) is 10.6. The number of hydrogen-bond donors (Lipinski definition) is 1. The minimum Gasteiger partial charge on any atom is -0.338 e. The molecule has 22 heavy (non-hydrogen) atoms. The van der Waals surface area contributed by atoms with Crippen molar-refractivity contribution in [3.05, 3.63) is 0 Å². The Bertz CT molecular complexity index is 418. The van der Waals surface area contributed by atoms with Crippen molar-refractivity contribution in [2.45, 2.75) is 70.4 Å². The van der Waals surface area contributed by atoms with E-state index < -0.39 is 0 Å². The Labute approximate surface area is 133 Å². The second-order valence-corrected chi connectivity index (χ2v) is 7.21. The van der Waals surface area contributed by atoms with Gasteiger partial charge in [0.25, 0.3) is 0 Å². The van der Waals surface area contributed by atoms with Crippen molar-refractivity contribution in [3.8, 4) is 0 Å². The maximum atomic E-state index is 12.2. The largest absolute Gasteiger partial charge is 0.338 e. The molecule has 0 spiro atoms. The molecule has 3 rings (SSSR count). The summed E-state index contributed by atoms with van der Waals surface area (Å²) in [5.41, 5.74) is 0. The zero-order chi connectivity index (χ0) is 15.5. The maximum Gasteiger partial charge on any atom is 0.317 e. The van der Waals surface area contributed by atoms with Gasteiger partial charge in [0, 0.05) is 38.6 Å². The summed E-state index contributed by atoms with van der Waals surface area (Å²) < 4.78 is 0. The molecule has 5 heteroatoms. The highest BCUT2D eigenvalue weighted by Gasteiger charge is 2.34. The first-order valence-corrected chi connectivity index (χ1v) is 8.97. The van der Waals surface area contributed by atoms with Crippen molar-refractivity contribution in [2.75, 3.05) is 19.6 Å². The van der Waals surface area contributed by atoms with E-state index in [4.69, 9.17) is 0 Å². The van der Waals surface area contributed by atoms with E-state index in [9.17, 15) is 9.59 Å². The predicted octanol–water partition coefficient (Wildman–Crippen LogP) is 2.36. The molecule has 124 valence electrons. The number of urea groups is 1. The Morgan fingerprint density at radius 2 is 1.68 bits per heavy atom. The topological polar surface area (TPSA) is 52.7 Å². The molecule has 3 aliphatic rings. The second-order valence-electron chi connectivity index (χ2n) is 7.21. The van der Waals surface area contributed by atoms with Crippen LogP contribution in [0.25, 0.3) is 0 Å². The maximum absolute atomic E-state index is 12.2. The van der Waals surface area contributed by atoms with Gasteiger partial charge < -0.3 is 15.1 Å². The molecule has 5 nitrogen and oxygen atoms in total. The first kappa shape index (κ1) is 15.6. The van der Waals surface area contributed by atoms with Gasteiger partial charge in [-0.05, 0) is 57.3 Å². The standard InChI is InChI=1S/C17H29N3O2/c1-13(21)20(15-4-2-5-15)16-6-3-10-19(11-9-16)17(22)18-12-14-7-8-14/h14-16H,2-12H2,1H3,(H,18,22)/t16-/m0/s1. The molecule has 1 heterocycles. The van der Waals surface area contributed by atoms with Crippen LogP contribution in [0.2, 0.25) is 0 Å². The van der Waals surface area contributed by atoms with Gasteiger partial charge >= 0.3 is 6.03 Å². The Hall–Kier alpha value is -1.26. The number of likely N-dealkylation sites (tertiary alicyclic amines) is 1. The molecule has 1 saturated heterocycles. The van der Waals surface area contributed by atoms with Crippen LogP contribution in [0.5, 0.6) is 0 Å². The Morgan fingerprint density at radius 3 is 2.27 bits per heavy atom. The van der Waals surface area contributed by atoms with Crippen molar-refractivity contribution in [1.29, 1.82) is 0 Å². The molecule has 3 amide bonds. The van der Waals surface area contributed by atoms with Crippen molar-refractivity contribution in [1.82, 2.24) is 15.1 Å². The van der Waals surface area contributed by atoms with Crippen LogP contribution in [0.1, 0.15) is 58.3 Å². The van der Waals surface area contributed by atoms with Crippen molar-refractivity contribution in [3.63, 3.8) is 0 Å². The van der Waals surface area contributed by atoms with E-state index in [1.54, 1.807) is 6.92 Å². The summed E-state index contributed by atoms with van der Waals surface area (Å²) in [5, 5.41) is 3.06. The van der Waals surface area contributed by atoms with Crippen LogP contribution in [0.4, 0.5) is 4.79 Å².